The number of fused-ring (bicyclic) bond motifs is 5. The van der Waals surface area contributed by atoms with Crippen LogP contribution >= 0.6 is 46.6 Å². The maximum absolute atomic E-state index is 12.8. The molecular formula is C21H20N4O2S4. The summed E-state index contributed by atoms with van der Waals surface area (Å²) in [4.78, 5) is 42.3. The van der Waals surface area contributed by atoms with E-state index in [4.69, 9.17) is 4.99 Å². The van der Waals surface area contributed by atoms with Gasteiger partial charge in [0.2, 0.25) is 0 Å². The first kappa shape index (κ1) is 20.3. The zero-order valence-corrected chi connectivity index (χ0v) is 20.4. The Morgan fingerprint density at radius 1 is 1.16 bits per heavy atom. The van der Waals surface area contributed by atoms with Crippen LogP contribution in [-0.2, 0) is 4.79 Å². The van der Waals surface area contributed by atoms with Crippen LogP contribution in [0.4, 0.5) is 0 Å². The number of amides is 1. The number of amidine groups is 1. The Bertz CT molecular complexity index is 1300. The van der Waals surface area contributed by atoms with Crippen LogP contribution in [0.3, 0.4) is 0 Å². The van der Waals surface area contributed by atoms with Crippen LogP contribution in [-0.4, -0.2) is 37.2 Å². The van der Waals surface area contributed by atoms with E-state index in [0.29, 0.717) is 5.17 Å². The number of thiophene rings is 1. The lowest BCUT2D eigenvalue weighted by Crippen LogP contribution is -2.25. The molecule has 6 rings (SSSR count). The lowest BCUT2D eigenvalue weighted by Gasteiger charge is -2.19. The zero-order chi connectivity index (χ0) is 21.3. The summed E-state index contributed by atoms with van der Waals surface area (Å²) in [5.41, 5.74) is 2.18. The minimum Gasteiger partial charge on any atom is -0.307 e. The molecule has 2 aromatic heterocycles. The molecule has 6 nitrogen and oxygen atoms in total. The quantitative estimate of drug-likeness (QED) is 0.557. The molecule has 0 saturated heterocycles. The highest BCUT2D eigenvalue weighted by Gasteiger charge is 2.41. The number of carbonyl (C=O) groups is 1. The van der Waals surface area contributed by atoms with Gasteiger partial charge in [0.25, 0.3) is 11.5 Å². The molecule has 4 aliphatic rings. The molecule has 0 saturated carbocycles. The average Bonchev–Trinajstić information content (AvgIpc) is 3.40. The molecule has 3 aliphatic heterocycles. The van der Waals surface area contributed by atoms with Crippen molar-refractivity contribution in [2.75, 3.05) is 11.5 Å². The first-order chi connectivity index (χ1) is 15.0. The molecule has 5 heterocycles. The second kappa shape index (κ2) is 7.60. The van der Waals surface area contributed by atoms with Gasteiger partial charge in [0.05, 0.1) is 16.5 Å². The van der Waals surface area contributed by atoms with E-state index in [-0.39, 0.29) is 23.4 Å². The van der Waals surface area contributed by atoms with E-state index in [0.717, 1.165) is 61.6 Å². The minimum atomic E-state index is -0.210. The number of nitrogens with zero attached hydrogens (tertiary/aromatic N) is 4. The molecule has 0 spiro atoms. The van der Waals surface area contributed by atoms with Crippen LogP contribution in [0.1, 0.15) is 42.2 Å². The number of hydrogen-bond donors (Lipinski definition) is 0. The van der Waals surface area contributed by atoms with E-state index in [1.807, 2.05) is 6.92 Å². The van der Waals surface area contributed by atoms with Gasteiger partial charge < -0.3 is 4.57 Å². The van der Waals surface area contributed by atoms with Gasteiger partial charge in [0.1, 0.15) is 10.7 Å². The highest BCUT2D eigenvalue weighted by molar-refractivity contribution is 8.18. The maximum atomic E-state index is 12.8. The topological polar surface area (TPSA) is 76.7 Å². The minimum absolute atomic E-state index is 0.0506. The van der Waals surface area contributed by atoms with Crippen molar-refractivity contribution < 1.29 is 4.79 Å². The van der Waals surface area contributed by atoms with Gasteiger partial charge in [-0.15, -0.1) is 11.3 Å². The van der Waals surface area contributed by atoms with Gasteiger partial charge in [-0.25, -0.2) is 4.99 Å². The second-order valence-electron chi connectivity index (χ2n) is 8.18. The smallest absolute Gasteiger partial charge is 0.282 e. The third kappa shape index (κ3) is 3.20. The number of carbonyl (C=O) groups excluding carboxylic acids is 1. The molecule has 31 heavy (non-hydrogen) atoms. The normalized spacial score (nSPS) is 24.9. The maximum Gasteiger partial charge on any atom is 0.282 e. The van der Waals surface area contributed by atoms with E-state index >= 15 is 0 Å². The van der Waals surface area contributed by atoms with Gasteiger partial charge in [-0.2, -0.15) is 9.98 Å². The Kier molecular flexibility index (Phi) is 4.97. The molecule has 0 fully saturated rings. The summed E-state index contributed by atoms with van der Waals surface area (Å²) in [5.74, 6) is 1.35. The lowest BCUT2D eigenvalue weighted by molar-refractivity contribution is -0.118. The summed E-state index contributed by atoms with van der Waals surface area (Å²) in [7, 11) is 0. The molecule has 1 amide bonds. The van der Waals surface area contributed by atoms with Crippen LogP contribution in [0.15, 0.2) is 30.4 Å². The monoisotopic (exact) mass is 488 g/mol. The zero-order valence-electron chi connectivity index (χ0n) is 17.1. The summed E-state index contributed by atoms with van der Waals surface area (Å²) in [6, 6.07) is 0.191. The van der Waals surface area contributed by atoms with Crippen molar-refractivity contribution in [3.8, 4) is 0 Å². The Morgan fingerprint density at radius 2 is 2.00 bits per heavy atom. The highest BCUT2D eigenvalue weighted by Crippen LogP contribution is 2.48. The summed E-state index contributed by atoms with van der Waals surface area (Å²) in [6.07, 6.45) is 4.44. The number of aryl methyl sites for hydroxylation is 2. The number of aliphatic imine (C=N–C) groups is 2. The summed E-state index contributed by atoms with van der Waals surface area (Å²) in [6.45, 7) is 4.05. The fraction of sp³-hybridized carbons (Fsp3) is 0.476. The predicted molar refractivity (Wildman–Crippen MR) is 132 cm³/mol. The van der Waals surface area contributed by atoms with Gasteiger partial charge in [-0.05, 0) is 55.6 Å². The van der Waals surface area contributed by atoms with Crippen LogP contribution < -0.4 is 5.56 Å². The fourth-order valence-corrected chi connectivity index (χ4v) is 9.51. The van der Waals surface area contributed by atoms with Crippen molar-refractivity contribution in [2.24, 2.45) is 15.9 Å². The van der Waals surface area contributed by atoms with E-state index < -0.39 is 0 Å². The van der Waals surface area contributed by atoms with Crippen LogP contribution in [0.5, 0.6) is 0 Å². The van der Waals surface area contributed by atoms with Crippen molar-refractivity contribution in [3.63, 3.8) is 0 Å². The standard InChI is InChI=1S/C21H20N4O2S4/c1-9-10(2)30-19-14(9)16(26)23-21-25(19)11(8-29-21)7-28-20-22-17(27)15-12-5-3-4-6-13(12)31-18(15)24-20/h11,15H,3-8H2,1-2H3. The van der Waals surface area contributed by atoms with E-state index in [9.17, 15) is 9.59 Å². The Hall–Kier alpha value is -1.36. The largest absolute Gasteiger partial charge is 0.307 e. The van der Waals surface area contributed by atoms with Gasteiger partial charge in [-0.1, -0.05) is 35.3 Å². The van der Waals surface area contributed by atoms with Crippen molar-refractivity contribution in [3.05, 3.63) is 31.3 Å². The fourth-order valence-electron chi connectivity index (χ4n) is 4.62. The number of allylic oxidation sites excluding steroid dienone is 1. The number of hydrogen-bond acceptors (Lipinski definition) is 8. The molecule has 0 aromatic carbocycles. The summed E-state index contributed by atoms with van der Waals surface area (Å²) >= 11 is 6.54. The number of aromatic nitrogens is 2. The molecule has 2 aromatic rings. The average molecular weight is 489 g/mol. The van der Waals surface area contributed by atoms with Crippen molar-refractivity contribution in [1.29, 1.82) is 0 Å². The van der Waals surface area contributed by atoms with Crippen LogP contribution in [0, 0.1) is 19.8 Å². The van der Waals surface area contributed by atoms with Crippen molar-refractivity contribution >= 4 is 73.0 Å². The Labute approximate surface area is 196 Å². The predicted octanol–water partition coefficient (Wildman–Crippen LogP) is 4.94. The molecule has 0 N–H and O–H groups in total. The molecule has 160 valence electrons. The van der Waals surface area contributed by atoms with E-state index in [1.54, 1.807) is 46.6 Å². The molecule has 0 bridgehead atoms. The third-order valence-corrected chi connectivity index (χ3v) is 10.9. The molecule has 2 atom stereocenters. The Balaban J connectivity index is 1.25. The first-order valence-corrected chi connectivity index (χ1v) is 14.0. The molecule has 10 heteroatoms. The summed E-state index contributed by atoms with van der Waals surface area (Å²) < 4.78 is 2.21. The number of thioether (sulfide) groups is 3. The van der Waals surface area contributed by atoms with E-state index in [2.05, 4.69) is 21.5 Å². The van der Waals surface area contributed by atoms with Crippen molar-refractivity contribution in [1.82, 2.24) is 9.55 Å². The number of rotatable bonds is 2. The Morgan fingerprint density at radius 3 is 2.87 bits per heavy atom. The first-order valence-electron chi connectivity index (χ1n) is 10.4. The second-order valence-corrected chi connectivity index (χ2v) is 12.5. The lowest BCUT2D eigenvalue weighted by atomic mass is 9.89. The van der Waals surface area contributed by atoms with Gasteiger partial charge in [0.15, 0.2) is 10.3 Å². The molecular weight excluding hydrogens is 469 g/mol. The van der Waals surface area contributed by atoms with Crippen molar-refractivity contribution in [2.45, 2.75) is 50.7 Å². The summed E-state index contributed by atoms with van der Waals surface area (Å²) in [5, 5.41) is 3.04. The van der Waals surface area contributed by atoms with Crippen LogP contribution in [0.2, 0.25) is 0 Å². The van der Waals surface area contributed by atoms with Gasteiger partial charge in [0, 0.05) is 16.4 Å². The van der Waals surface area contributed by atoms with E-state index in [1.165, 1.54) is 16.9 Å². The van der Waals surface area contributed by atoms with Gasteiger partial charge >= 0.3 is 0 Å². The molecule has 1 aliphatic carbocycles. The third-order valence-electron chi connectivity index (χ3n) is 6.32. The highest BCUT2D eigenvalue weighted by atomic mass is 32.2. The SMILES string of the molecule is Cc1sc2c(c1C)c(=O)nc1n2C(CSC2=NC(=O)C3C(=N2)SC2=C3CCCC2)CS1. The molecule has 2 unspecified atom stereocenters. The molecule has 0 radical (unpaired) electrons. The van der Waals surface area contributed by atoms with Gasteiger partial charge in [-0.3, -0.25) is 9.59 Å². The van der Waals surface area contributed by atoms with Crippen LogP contribution in [0.25, 0.3) is 10.2 Å².